The van der Waals surface area contributed by atoms with E-state index in [2.05, 4.69) is 19.6 Å². The number of ether oxygens (including phenoxy) is 1. The summed E-state index contributed by atoms with van der Waals surface area (Å²) in [5.74, 6) is 0.0380. The summed E-state index contributed by atoms with van der Waals surface area (Å²) in [5, 5.41) is 0.651. The van der Waals surface area contributed by atoms with Gasteiger partial charge < -0.3 is 0 Å². The van der Waals surface area contributed by atoms with Crippen molar-refractivity contribution in [2.75, 3.05) is 6.61 Å². The number of carbonyl (C=O) groups is 2. The molecule has 1 aliphatic carbocycles. The van der Waals surface area contributed by atoms with E-state index in [9.17, 15) is 9.59 Å². The first kappa shape index (κ1) is 21.2. The average molecular weight is 460 g/mol. The van der Waals surface area contributed by atoms with Gasteiger partial charge in [-0.2, -0.15) is 0 Å². The number of rotatable bonds is 7. The summed E-state index contributed by atoms with van der Waals surface area (Å²) in [7, 11) is -1.79. The van der Waals surface area contributed by atoms with E-state index in [1.165, 1.54) is 0 Å². The first-order valence-electron chi connectivity index (χ1n) is 8.64. The molecule has 26 heavy (non-hydrogen) atoms. The molecule has 0 aliphatic heterocycles. The number of allylic oxidation sites excluding steroid dienone is 2. The molecule has 1 aromatic carbocycles. The molecule has 0 bridgehead atoms. The Morgan fingerprint density at radius 2 is 2.00 bits per heavy atom. The van der Waals surface area contributed by atoms with Crippen LogP contribution >= 0.6 is 11.6 Å². The van der Waals surface area contributed by atoms with Crippen LogP contribution in [0.3, 0.4) is 0 Å². The van der Waals surface area contributed by atoms with Gasteiger partial charge in [0.15, 0.2) is 0 Å². The molecular formula is C19H25ClO4SeSi. The minimum absolute atomic E-state index is 0.251. The molecule has 0 fully saturated rings. The van der Waals surface area contributed by atoms with Gasteiger partial charge in [0, 0.05) is 0 Å². The van der Waals surface area contributed by atoms with Gasteiger partial charge in [-0.1, -0.05) is 0 Å². The molecule has 0 heterocycles. The van der Waals surface area contributed by atoms with E-state index in [1.807, 2.05) is 30.3 Å². The molecule has 0 spiro atoms. The standard InChI is InChI=1S/C19H25ClO4SeSi/c1-5-23-18(22)17-11-8-15(24-26(2,3)4)12-19(17,13-21)25-16-9-6-14(20)7-10-16/h6-10,13,17H,5,11-12H2,1-4H3/t17-,19+/m1/s1. The average Bonchev–Trinajstić information content (AvgIpc) is 2.56. The molecular weight excluding hydrogens is 435 g/mol. The summed E-state index contributed by atoms with van der Waals surface area (Å²) in [6, 6.07) is 7.48. The van der Waals surface area contributed by atoms with Gasteiger partial charge in [-0.15, -0.1) is 0 Å². The number of hydrogen-bond donors (Lipinski definition) is 0. The number of aldehydes is 1. The first-order chi connectivity index (χ1) is 12.2. The molecule has 0 saturated heterocycles. The second kappa shape index (κ2) is 8.74. The first-order valence-corrected chi connectivity index (χ1v) is 14.1. The SMILES string of the molecule is CCOC(=O)[C@H]1CC=C(O[Si](C)(C)C)C[C@@]1(C=O)[Se]c1ccc(Cl)cc1. The van der Waals surface area contributed by atoms with E-state index in [0.717, 1.165) is 16.5 Å². The molecule has 0 N–H and O–H groups in total. The van der Waals surface area contributed by atoms with Gasteiger partial charge in [-0.3, -0.25) is 0 Å². The van der Waals surface area contributed by atoms with Gasteiger partial charge in [0.25, 0.3) is 0 Å². The summed E-state index contributed by atoms with van der Waals surface area (Å²) in [5.41, 5.74) is 0. The second-order valence-electron chi connectivity index (χ2n) is 7.23. The van der Waals surface area contributed by atoms with Crippen molar-refractivity contribution >= 4 is 51.6 Å². The Morgan fingerprint density at radius 3 is 2.54 bits per heavy atom. The van der Waals surface area contributed by atoms with E-state index in [0.29, 0.717) is 24.5 Å². The third kappa shape index (κ3) is 5.46. The molecule has 2 rings (SSSR count). The quantitative estimate of drug-likeness (QED) is 0.354. The van der Waals surface area contributed by atoms with Crippen LogP contribution in [-0.2, 0) is 18.8 Å². The molecule has 142 valence electrons. The summed E-state index contributed by atoms with van der Waals surface area (Å²) in [6.07, 6.45) is 3.81. The second-order valence-corrected chi connectivity index (χ2v) is 15.1. The molecule has 0 amide bonds. The minimum atomic E-state index is -1.79. The van der Waals surface area contributed by atoms with Crippen LogP contribution in [-0.4, -0.2) is 42.1 Å². The van der Waals surface area contributed by atoms with Crippen LogP contribution in [0.2, 0.25) is 29.0 Å². The third-order valence-corrected chi connectivity index (χ3v) is 8.04. The van der Waals surface area contributed by atoms with Crippen molar-refractivity contribution in [3.63, 3.8) is 0 Å². The molecule has 0 aromatic heterocycles. The Morgan fingerprint density at radius 1 is 1.35 bits per heavy atom. The van der Waals surface area contributed by atoms with Crippen molar-refractivity contribution in [3.05, 3.63) is 41.1 Å². The molecule has 0 radical (unpaired) electrons. The Bertz CT molecular complexity index is 684. The number of benzene rings is 1. The fourth-order valence-electron chi connectivity index (χ4n) is 2.90. The van der Waals surface area contributed by atoms with Crippen LogP contribution in [0.1, 0.15) is 19.8 Å². The van der Waals surface area contributed by atoms with Crippen LogP contribution in [0, 0.1) is 5.92 Å². The number of halogens is 1. The van der Waals surface area contributed by atoms with Crippen molar-refractivity contribution in [3.8, 4) is 0 Å². The van der Waals surface area contributed by atoms with Crippen LogP contribution in [0.15, 0.2) is 36.1 Å². The summed E-state index contributed by atoms with van der Waals surface area (Å²) >= 11 is 5.73. The molecule has 4 nitrogen and oxygen atoms in total. The van der Waals surface area contributed by atoms with E-state index in [-0.39, 0.29) is 20.9 Å². The van der Waals surface area contributed by atoms with Crippen LogP contribution in [0.4, 0.5) is 0 Å². The van der Waals surface area contributed by atoms with Gasteiger partial charge in [0.05, 0.1) is 0 Å². The maximum absolute atomic E-state index is 12.6. The zero-order valence-corrected chi connectivity index (χ0v) is 19.1. The van der Waals surface area contributed by atoms with Crippen molar-refractivity contribution in [1.29, 1.82) is 0 Å². The van der Waals surface area contributed by atoms with Gasteiger partial charge in [-0.25, -0.2) is 0 Å². The van der Waals surface area contributed by atoms with Crippen molar-refractivity contribution in [1.82, 2.24) is 0 Å². The van der Waals surface area contributed by atoms with E-state index in [1.54, 1.807) is 6.92 Å². The van der Waals surface area contributed by atoms with Crippen LogP contribution in [0.25, 0.3) is 0 Å². The molecule has 2 atom stereocenters. The van der Waals surface area contributed by atoms with Crippen molar-refractivity contribution < 1.29 is 18.8 Å². The number of carbonyl (C=O) groups excluding carboxylic acids is 2. The zero-order valence-electron chi connectivity index (χ0n) is 15.6. The molecule has 0 unspecified atom stereocenters. The van der Waals surface area contributed by atoms with E-state index >= 15 is 0 Å². The Kier molecular flexibility index (Phi) is 7.14. The molecule has 7 heteroatoms. The maximum atomic E-state index is 12.6. The monoisotopic (exact) mass is 460 g/mol. The van der Waals surface area contributed by atoms with Crippen molar-refractivity contribution in [2.24, 2.45) is 5.92 Å². The Labute approximate surface area is 167 Å². The molecule has 0 saturated carbocycles. The van der Waals surface area contributed by atoms with E-state index < -0.39 is 18.5 Å². The van der Waals surface area contributed by atoms with Crippen LogP contribution in [0.5, 0.6) is 0 Å². The molecule has 1 aliphatic rings. The van der Waals surface area contributed by atoms with Gasteiger partial charge in [0.1, 0.15) is 0 Å². The number of hydrogen-bond acceptors (Lipinski definition) is 4. The van der Waals surface area contributed by atoms with Crippen LogP contribution < -0.4 is 4.46 Å². The van der Waals surface area contributed by atoms with E-state index in [4.69, 9.17) is 20.8 Å². The summed E-state index contributed by atoms with van der Waals surface area (Å²) in [4.78, 5) is 24.8. The van der Waals surface area contributed by atoms with Crippen molar-refractivity contribution in [2.45, 2.75) is 43.7 Å². The van der Waals surface area contributed by atoms with Gasteiger partial charge in [0.2, 0.25) is 0 Å². The van der Waals surface area contributed by atoms with Gasteiger partial charge in [-0.05, 0) is 0 Å². The Balaban J connectivity index is 2.36. The van der Waals surface area contributed by atoms with Gasteiger partial charge >= 0.3 is 168 Å². The topological polar surface area (TPSA) is 52.6 Å². The normalized spacial score (nSPS) is 23.1. The fraction of sp³-hybridized carbons (Fsp3) is 0.474. The Hall–Kier alpha value is -1.07. The predicted molar refractivity (Wildman–Crippen MR) is 107 cm³/mol. The third-order valence-electron chi connectivity index (χ3n) is 3.95. The predicted octanol–water partition coefficient (Wildman–Crippen LogP) is 3.74. The molecule has 1 aromatic rings. The number of esters is 1. The fourth-order valence-corrected chi connectivity index (χ4v) is 6.72. The zero-order chi connectivity index (χ0) is 19.4. The summed E-state index contributed by atoms with van der Waals surface area (Å²) < 4.78 is 11.6. The summed E-state index contributed by atoms with van der Waals surface area (Å²) in [6.45, 7) is 8.41.